The molecule has 2 aromatic carbocycles. The van der Waals surface area contributed by atoms with Gasteiger partial charge in [-0.05, 0) is 52.7 Å². The van der Waals surface area contributed by atoms with E-state index in [9.17, 15) is 5.11 Å². The molecule has 0 aliphatic heterocycles. The van der Waals surface area contributed by atoms with E-state index in [0.29, 0.717) is 20.7 Å². The number of phenolic OH excluding ortho intramolecular Hbond substituents is 1. The maximum atomic E-state index is 10.0. The van der Waals surface area contributed by atoms with Crippen molar-refractivity contribution in [3.8, 4) is 5.75 Å². The molecular formula is C15H11BrClN3O. The number of halogens is 2. The third-order valence-corrected chi connectivity index (χ3v) is 3.98. The normalized spacial score (nSPS) is 11.6. The lowest BCUT2D eigenvalue weighted by molar-refractivity contribution is 0.471. The molecule has 0 radical (unpaired) electrons. The predicted molar refractivity (Wildman–Crippen MR) is 88.9 cm³/mol. The molecule has 0 bridgehead atoms. The van der Waals surface area contributed by atoms with Crippen LogP contribution in [0.3, 0.4) is 0 Å². The fourth-order valence-corrected chi connectivity index (χ4v) is 2.84. The van der Waals surface area contributed by atoms with Crippen molar-refractivity contribution in [2.45, 2.75) is 6.92 Å². The molecule has 4 nitrogen and oxygen atoms in total. The highest BCUT2D eigenvalue weighted by Crippen LogP contribution is 2.31. The highest BCUT2D eigenvalue weighted by molar-refractivity contribution is 9.10. The molecule has 0 aliphatic rings. The summed E-state index contributed by atoms with van der Waals surface area (Å²) in [5.41, 5.74) is 3.91. The zero-order valence-electron chi connectivity index (χ0n) is 11.1. The van der Waals surface area contributed by atoms with Gasteiger partial charge >= 0.3 is 0 Å². The summed E-state index contributed by atoms with van der Waals surface area (Å²) in [6, 6.07) is 7.27. The number of aromatic amines is 1. The fraction of sp³-hybridized carbons (Fsp3) is 0.0667. The van der Waals surface area contributed by atoms with E-state index in [0.717, 1.165) is 16.6 Å². The first-order valence-electron chi connectivity index (χ1n) is 6.20. The average Bonchev–Trinajstić information content (AvgIpc) is 2.88. The molecule has 0 spiro atoms. The van der Waals surface area contributed by atoms with Crippen LogP contribution in [0.5, 0.6) is 5.75 Å². The first-order chi connectivity index (χ1) is 10.0. The molecular weight excluding hydrogens is 354 g/mol. The van der Waals surface area contributed by atoms with Gasteiger partial charge in [0.1, 0.15) is 5.75 Å². The maximum absolute atomic E-state index is 10.0. The van der Waals surface area contributed by atoms with E-state index in [-0.39, 0.29) is 5.75 Å². The molecule has 0 atom stereocenters. The van der Waals surface area contributed by atoms with Crippen LogP contribution in [0.2, 0.25) is 5.02 Å². The zero-order chi connectivity index (χ0) is 15.0. The Kier molecular flexibility index (Phi) is 3.69. The minimum Gasteiger partial charge on any atom is -0.506 e. The number of phenols is 1. The van der Waals surface area contributed by atoms with Crippen molar-refractivity contribution in [1.29, 1.82) is 0 Å². The average molecular weight is 365 g/mol. The van der Waals surface area contributed by atoms with Gasteiger partial charge in [0.2, 0.25) is 0 Å². The van der Waals surface area contributed by atoms with Crippen LogP contribution in [0.4, 0.5) is 5.69 Å². The van der Waals surface area contributed by atoms with Crippen molar-refractivity contribution < 1.29 is 5.11 Å². The molecule has 0 saturated heterocycles. The van der Waals surface area contributed by atoms with Gasteiger partial charge in [-0.1, -0.05) is 11.6 Å². The van der Waals surface area contributed by atoms with Gasteiger partial charge in [-0.25, -0.2) is 4.98 Å². The van der Waals surface area contributed by atoms with Gasteiger partial charge in [0.05, 0.1) is 32.5 Å². The summed E-state index contributed by atoms with van der Waals surface area (Å²) >= 11 is 9.51. The molecule has 1 heterocycles. The van der Waals surface area contributed by atoms with Crippen LogP contribution < -0.4 is 0 Å². The molecule has 0 unspecified atom stereocenters. The van der Waals surface area contributed by atoms with Crippen molar-refractivity contribution in [2.75, 3.05) is 0 Å². The first-order valence-corrected chi connectivity index (χ1v) is 7.37. The largest absolute Gasteiger partial charge is 0.506 e. The molecule has 0 amide bonds. The number of rotatable bonds is 2. The SMILES string of the molecule is Cc1cc(Br)c(O)c(C=Nc2cc3nc[nH]c3cc2Cl)c1. The Morgan fingerprint density at radius 3 is 2.95 bits per heavy atom. The third kappa shape index (κ3) is 2.80. The van der Waals surface area contributed by atoms with Gasteiger partial charge in [-0.3, -0.25) is 4.99 Å². The van der Waals surface area contributed by atoms with Crippen molar-refractivity contribution >= 4 is 50.5 Å². The molecule has 2 N–H and O–H groups in total. The summed E-state index contributed by atoms with van der Waals surface area (Å²) in [5, 5.41) is 10.5. The second-order valence-electron chi connectivity index (χ2n) is 4.67. The molecule has 3 rings (SSSR count). The standard InChI is InChI=1S/C15H11BrClN3O/c1-8-2-9(15(21)10(16)3-8)6-18-12-5-14-13(4-11(12)17)19-7-20-14/h2-7,21H,1H3,(H,19,20). The number of aromatic nitrogens is 2. The summed E-state index contributed by atoms with van der Waals surface area (Å²) in [6.45, 7) is 1.95. The van der Waals surface area contributed by atoms with Gasteiger partial charge in [0.15, 0.2) is 0 Å². The quantitative estimate of drug-likeness (QED) is 0.645. The van der Waals surface area contributed by atoms with Gasteiger partial charge in [0, 0.05) is 11.8 Å². The number of aryl methyl sites for hydroxylation is 1. The Labute approximate surface area is 134 Å². The van der Waals surface area contributed by atoms with Crippen LogP contribution in [0, 0.1) is 6.92 Å². The Morgan fingerprint density at radius 2 is 2.14 bits per heavy atom. The number of aliphatic imine (C=N–C) groups is 1. The summed E-state index contributed by atoms with van der Waals surface area (Å²) in [6.07, 6.45) is 3.20. The van der Waals surface area contributed by atoms with E-state index in [1.54, 1.807) is 24.7 Å². The van der Waals surface area contributed by atoms with Crippen molar-refractivity contribution in [3.05, 3.63) is 51.2 Å². The smallest absolute Gasteiger partial charge is 0.138 e. The molecule has 106 valence electrons. The highest BCUT2D eigenvalue weighted by Gasteiger charge is 2.06. The molecule has 6 heteroatoms. The molecule has 0 aliphatic carbocycles. The van der Waals surface area contributed by atoms with Crippen molar-refractivity contribution in [3.63, 3.8) is 0 Å². The minimum absolute atomic E-state index is 0.154. The number of fused-ring (bicyclic) bond motifs is 1. The third-order valence-electron chi connectivity index (χ3n) is 3.07. The Hall–Kier alpha value is -1.85. The highest BCUT2D eigenvalue weighted by atomic mass is 79.9. The second kappa shape index (κ2) is 5.50. The van der Waals surface area contributed by atoms with Crippen LogP contribution in [-0.4, -0.2) is 21.3 Å². The molecule has 0 saturated carbocycles. The van der Waals surface area contributed by atoms with Crippen molar-refractivity contribution in [1.82, 2.24) is 9.97 Å². The first kappa shape index (κ1) is 14.1. The van der Waals surface area contributed by atoms with E-state index in [4.69, 9.17) is 11.6 Å². The predicted octanol–water partition coefficient (Wildman–Crippen LogP) is 4.74. The second-order valence-corrected chi connectivity index (χ2v) is 5.93. The number of aromatic hydroxyl groups is 1. The lowest BCUT2D eigenvalue weighted by atomic mass is 10.1. The number of H-pyrrole nitrogens is 1. The van der Waals surface area contributed by atoms with Gasteiger partial charge in [-0.2, -0.15) is 0 Å². The summed E-state index contributed by atoms with van der Waals surface area (Å²) in [4.78, 5) is 11.5. The molecule has 0 fully saturated rings. The number of hydrogen-bond donors (Lipinski definition) is 2. The molecule has 1 aromatic heterocycles. The van der Waals surface area contributed by atoms with Gasteiger partial charge in [-0.15, -0.1) is 0 Å². The lowest BCUT2D eigenvalue weighted by Gasteiger charge is -2.04. The number of nitrogens with zero attached hydrogens (tertiary/aromatic N) is 2. The zero-order valence-corrected chi connectivity index (χ0v) is 13.4. The fourth-order valence-electron chi connectivity index (χ4n) is 2.04. The summed E-state index contributed by atoms with van der Waals surface area (Å²) < 4.78 is 0.637. The van der Waals surface area contributed by atoms with Crippen LogP contribution >= 0.6 is 27.5 Å². The number of nitrogens with one attached hydrogen (secondary N) is 1. The number of hydrogen-bond acceptors (Lipinski definition) is 3. The van der Waals surface area contributed by atoms with Crippen LogP contribution in [-0.2, 0) is 0 Å². The van der Waals surface area contributed by atoms with Gasteiger partial charge < -0.3 is 10.1 Å². The van der Waals surface area contributed by atoms with E-state index in [2.05, 4.69) is 30.9 Å². The Balaban J connectivity index is 2.03. The Morgan fingerprint density at radius 1 is 1.33 bits per heavy atom. The summed E-state index contributed by atoms with van der Waals surface area (Å²) in [7, 11) is 0. The van der Waals surface area contributed by atoms with E-state index in [1.165, 1.54) is 0 Å². The van der Waals surface area contributed by atoms with Gasteiger partial charge in [0.25, 0.3) is 0 Å². The van der Waals surface area contributed by atoms with Crippen LogP contribution in [0.15, 0.2) is 40.1 Å². The number of imidazole rings is 1. The minimum atomic E-state index is 0.154. The monoisotopic (exact) mass is 363 g/mol. The van der Waals surface area contributed by atoms with E-state index in [1.807, 2.05) is 19.1 Å². The van der Waals surface area contributed by atoms with E-state index >= 15 is 0 Å². The topological polar surface area (TPSA) is 61.3 Å². The van der Waals surface area contributed by atoms with Crippen molar-refractivity contribution in [2.24, 2.45) is 4.99 Å². The lowest BCUT2D eigenvalue weighted by Crippen LogP contribution is -1.86. The maximum Gasteiger partial charge on any atom is 0.138 e. The van der Waals surface area contributed by atoms with Crippen LogP contribution in [0.25, 0.3) is 11.0 Å². The molecule has 3 aromatic rings. The number of benzene rings is 2. The summed E-state index contributed by atoms with van der Waals surface area (Å²) in [5.74, 6) is 0.154. The van der Waals surface area contributed by atoms with Crippen LogP contribution in [0.1, 0.15) is 11.1 Å². The molecule has 21 heavy (non-hydrogen) atoms. The Bertz CT molecular complexity index is 857. The van der Waals surface area contributed by atoms with E-state index < -0.39 is 0 Å².